The molecule has 2 nitrogen and oxygen atoms in total. The normalized spacial score (nSPS) is 12.6. The fraction of sp³-hybridized carbons (Fsp3) is 0.286. The molecule has 1 N–H and O–H groups in total. The summed E-state index contributed by atoms with van der Waals surface area (Å²) in [7, 11) is 0. The molecule has 0 bridgehead atoms. The molecular formula is C14H15Cl2NO. The van der Waals surface area contributed by atoms with Gasteiger partial charge in [-0.1, -0.05) is 30.1 Å². The van der Waals surface area contributed by atoms with Crippen LogP contribution in [0.25, 0.3) is 0 Å². The summed E-state index contributed by atoms with van der Waals surface area (Å²) in [6.45, 7) is 2.92. The Kier molecular flexibility index (Phi) is 4.70. The van der Waals surface area contributed by atoms with Gasteiger partial charge in [0.15, 0.2) is 0 Å². The molecule has 0 saturated carbocycles. The molecule has 96 valence electrons. The number of hydrogen-bond donors (Lipinski definition) is 1. The topological polar surface area (TPSA) is 25.2 Å². The standard InChI is InChI=1S/C14H15Cl2NO/c1-2-17-14(9-11-4-3-7-18-11)12-8-10(15)5-6-13(12)16/h3-8,14,17H,2,9H2,1H3. The Balaban J connectivity index is 2.26. The zero-order chi connectivity index (χ0) is 13.0. The van der Waals surface area contributed by atoms with Crippen molar-refractivity contribution in [2.24, 2.45) is 0 Å². The van der Waals surface area contributed by atoms with Crippen LogP contribution in [0.4, 0.5) is 0 Å². The number of nitrogens with one attached hydrogen (secondary N) is 1. The van der Waals surface area contributed by atoms with E-state index in [0.29, 0.717) is 5.02 Å². The predicted octanol–water partition coefficient (Wildman–Crippen LogP) is 4.48. The van der Waals surface area contributed by atoms with Crippen LogP contribution in [0.5, 0.6) is 0 Å². The smallest absolute Gasteiger partial charge is 0.105 e. The maximum Gasteiger partial charge on any atom is 0.105 e. The molecule has 0 fully saturated rings. The van der Waals surface area contributed by atoms with Crippen LogP contribution in [0, 0.1) is 0 Å². The van der Waals surface area contributed by atoms with Crippen LogP contribution in [-0.4, -0.2) is 6.54 Å². The highest BCUT2D eigenvalue weighted by molar-refractivity contribution is 6.33. The molecule has 0 amide bonds. The Labute approximate surface area is 117 Å². The van der Waals surface area contributed by atoms with E-state index in [-0.39, 0.29) is 6.04 Å². The van der Waals surface area contributed by atoms with Gasteiger partial charge in [0.2, 0.25) is 0 Å². The largest absolute Gasteiger partial charge is 0.469 e. The quantitative estimate of drug-likeness (QED) is 0.875. The van der Waals surface area contributed by atoms with E-state index in [0.717, 1.165) is 29.3 Å². The van der Waals surface area contributed by atoms with E-state index in [1.165, 1.54) is 0 Å². The molecule has 0 radical (unpaired) electrons. The first-order chi connectivity index (χ1) is 8.70. The molecule has 0 saturated heterocycles. The average molecular weight is 284 g/mol. The van der Waals surface area contributed by atoms with Gasteiger partial charge in [0.1, 0.15) is 5.76 Å². The molecule has 0 aliphatic heterocycles. The van der Waals surface area contributed by atoms with Crippen molar-refractivity contribution in [3.05, 3.63) is 58.0 Å². The molecule has 1 heterocycles. The summed E-state index contributed by atoms with van der Waals surface area (Å²) >= 11 is 12.3. The van der Waals surface area contributed by atoms with Crippen LogP contribution in [0.2, 0.25) is 10.0 Å². The lowest BCUT2D eigenvalue weighted by Gasteiger charge is -2.18. The van der Waals surface area contributed by atoms with Crippen LogP contribution in [0.3, 0.4) is 0 Å². The Hall–Kier alpha value is -0.960. The summed E-state index contributed by atoms with van der Waals surface area (Å²) in [4.78, 5) is 0. The van der Waals surface area contributed by atoms with E-state index >= 15 is 0 Å². The van der Waals surface area contributed by atoms with Crippen molar-refractivity contribution < 1.29 is 4.42 Å². The molecule has 0 spiro atoms. The first-order valence-electron chi connectivity index (χ1n) is 5.91. The van der Waals surface area contributed by atoms with E-state index in [4.69, 9.17) is 27.6 Å². The number of furan rings is 1. The number of benzene rings is 1. The Morgan fingerprint density at radius 3 is 2.78 bits per heavy atom. The van der Waals surface area contributed by atoms with Gasteiger partial charge in [-0.05, 0) is 42.4 Å². The minimum Gasteiger partial charge on any atom is -0.469 e. The lowest BCUT2D eigenvalue weighted by atomic mass is 10.0. The van der Waals surface area contributed by atoms with Gasteiger partial charge in [-0.2, -0.15) is 0 Å². The van der Waals surface area contributed by atoms with E-state index in [2.05, 4.69) is 12.2 Å². The van der Waals surface area contributed by atoms with Crippen molar-refractivity contribution in [3.8, 4) is 0 Å². The van der Waals surface area contributed by atoms with Crippen LogP contribution < -0.4 is 5.32 Å². The monoisotopic (exact) mass is 283 g/mol. The Morgan fingerprint density at radius 2 is 2.11 bits per heavy atom. The number of rotatable bonds is 5. The van der Waals surface area contributed by atoms with Crippen molar-refractivity contribution in [3.63, 3.8) is 0 Å². The van der Waals surface area contributed by atoms with Crippen molar-refractivity contribution in [2.75, 3.05) is 6.54 Å². The first kappa shape index (κ1) is 13.5. The Bertz CT molecular complexity index is 497. The lowest BCUT2D eigenvalue weighted by Crippen LogP contribution is -2.23. The third kappa shape index (κ3) is 3.29. The highest BCUT2D eigenvalue weighted by Gasteiger charge is 2.16. The van der Waals surface area contributed by atoms with Gasteiger partial charge in [-0.3, -0.25) is 0 Å². The number of likely N-dealkylation sites (N-methyl/N-ethyl adjacent to an activating group) is 1. The van der Waals surface area contributed by atoms with E-state index in [1.807, 2.05) is 24.3 Å². The van der Waals surface area contributed by atoms with Crippen molar-refractivity contribution in [2.45, 2.75) is 19.4 Å². The summed E-state index contributed by atoms with van der Waals surface area (Å²) < 4.78 is 5.39. The van der Waals surface area contributed by atoms with Crippen molar-refractivity contribution in [1.82, 2.24) is 5.32 Å². The summed E-state index contributed by atoms with van der Waals surface area (Å²) in [6, 6.07) is 9.47. The van der Waals surface area contributed by atoms with Gasteiger partial charge in [-0.15, -0.1) is 0 Å². The molecule has 1 aromatic heterocycles. The Morgan fingerprint density at radius 1 is 1.28 bits per heavy atom. The molecule has 18 heavy (non-hydrogen) atoms. The van der Waals surface area contributed by atoms with Gasteiger partial charge in [-0.25, -0.2) is 0 Å². The zero-order valence-electron chi connectivity index (χ0n) is 10.1. The van der Waals surface area contributed by atoms with E-state index < -0.39 is 0 Å². The first-order valence-corrected chi connectivity index (χ1v) is 6.67. The van der Waals surface area contributed by atoms with Crippen LogP contribution >= 0.6 is 23.2 Å². The predicted molar refractivity (Wildman–Crippen MR) is 75.3 cm³/mol. The highest BCUT2D eigenvalue weighted by Crippen LogP contribution is 2.28. The average Bonchev–Trinajstić information content (AvgIpc) is 2.85. The van der Waals surface area contributed by atoms with Gasteiger partial charge in [0.25, 0.3) is 0 Å². The molecule has 1 unspecified atom stereocenters. The third-order valence-corrected chi connectivity index (χ3v) is 3.35. The second kappa shape index (κ2) is 6.28. The van der Waals surface area contributed by atoms with Crippen LogP contribution in [-0.2, 0) is 6.42 Å². The van der Waals surface area contributed by atoms with Gasteiger partial charge in [0, 0.05) is 22.5 Å². The van der Waals surface area contributed by atoms with Gasteiger partial charge >= 0.3 is 0 Å². The lowest BCUT2D eigenvalue weighted by molar-refractivity contribution is 0.455. The van der Waals surface area contributed by atoms with Gasteiger partial charge in [0.05, 0.1) is 6.26 Å². The molecule has 2 rings (SSSR count). The number of halogens is 2. The molecule has 2 aromatic rings. The van der Waals surface area contributed by atoms with Crippen LogP contribution in [0.1, 0.15) is 24.3 Å². The SMILES string of the molecule is CCNC(Cc1ccco1)c1cc(Cl)ccc1Cl. The summed E-state index contributed by atoms with van der Waals surface area (Å²) in [5.74, 6) is 0.928. The van der Waals surface area contributed by atoms with Gasteiger partial charge < -0.3 is 9.73 Å². The molecular weight excluding hydrogens is 269 g/mol. The fourth-order valence-electron chi connectivity index (χ4n) is 1.95. The summed E-state index contributed by atoms with van der Waals surface area (Å²) in [6.07, 6.45) is 2.43. The fourth-order valence-corrected chi connectivity index (χ4v) is 2.38. The summed E-state index contributed by atoms with van der Waals surface area (Å²) in [5, 5.41) is 4.81. The maximum atomic E-state index is 6.24. The maximum absolute atomic E-state index is 6.24. The highest BCUT2D eigenvalue weighted by atomic mass is 35.5. The van der Waals surface area contributed by atoms with E-state index in [9.17, 15) is 0 Å². The molecule has 1 aromatic carbocycles. The third-order valence-electron chi connectivity index (χ3n) is 2.77. The molecule has 0 aliphatic carbocycles. The minimum atomic E-state index is 0.104. The molecule has 4 heteroatoms. The second-order valence-electron chi connectivity index (χ2n) is 4.06. The van der Waals surface area contributed by atoms with Crippen molar-refractivity contribution >= 4 is 23.2 Å². The van der Waals surface area contributed by atoms with E-state index in [1.54, 1.807) is 12.3 Å². The molecule has 0 aliphatic rings. The second-order valence-corrected chi connectivity index (χ2v) is 4.90. The van der Waals surface area contributed by atoms with Crippen molar-refractivity contribution in [1.29, 1.82) is 0 Å². The minimum absolute atomic E-state index is 0.104. The zero-order valence-corrected chi connectivity index (χ0v) is 11.6. The molecule has 1 atom stereocenters. The summed E-state index contributed by atoms with van der Waals surface area (Å²) in [5.41, 5.74) is 1.00. The van der Waals surface area contributed by atoms with Crippen LogP contribution in [0.15, 0.2) is 41.0 Å². The number of hydrogen-bond acceptors (Lipinski definition) is 2.